The van der Waals surface area contributed by atoms with Crippen LogP contribution in [0.1, 0.15) is 53.6 Å². The monoisotopic (exact) mass is 425 g/mol. The molecule has 154 valence electrons. The van der Waals surface area contributed by atoms with Crippen molar-refractivity contribution >= 4 is 28.4 Å². The van der Waals surface area contributed by atoms with Crippen molar-refractivity contribution in [2.45, 2.75) is 37.6 Å². The lowest BCUT2D eigenvalue weighted by Crippen LogP contribution is -2.41. The molecule has 7 heteroatoms. The quantitative estimate of drug-likeness (QED) is 0.618. The number of benzene rings is 1. The molecule has 2 fully saturated rings. The van der Waals surface area contributed by atoms with E-state index >= 15 is 0 Å². The summed E-state index contributed by atoms with van der Waals surface area (Å²) in [4.78, 5) is 32.3. The van der Waals surface area contributed by atoms with Crippen LogP contribution in [-0.2, 0) is 0 Å². The molecule has 3 heterocycles. The zero-order valence-corrected chi connectivity index (χ0v) is 17.1. The van der Waals surface area contributed by atoms with Crippen molar-refractivity contribution in [3.05, 3.63) is 75.0 Å². The fourth-order valence-electron chi connectivity index (χ4n) is 4.39. The second-order valence-corrected chi connectivity index (χ2v) is 8.57. The minimum absolute atomic E-state index is 0.0217. The highest BCUT2D eigenvalue weighted by molar-refractivity contribution is 6.31. The lowest BCUT2D eigenvalue weighted by molar-refractivity contribution is 0.0705. The third kappa shape index (κ3) is 3.39. The number of hydrogen-bond acceptors (Lipinski definition) is 3. The molecule has 30 heavy (non-hydrogen) atoms. The van der Waals surface area contributed by atoms with Gasteiger partial charge in [0.25, 0.3) is 5.91 Å². The number of pyridine rings is 2. The summed E-state index contributed by atoms with van der Waals surface area (Å²) < 4.78 is 16.0. The first-order valence-electron chi connectivity index (χ1n) is 10.3. The first-order chi connectivity index (χ1) is 14.5. The van der Waals surface area contributed by atoms with Gasteiger partial charge in [0.2, 0.25) is 5.43 Å². The van der Waals surface area contributed by atoms with Crippen molar-refractivity contribution in [3.8, 4) is 0 Å². The number of carbonyl (C=O) groups is 1. The maximum absolute atomic E-state index is 14.1. The van der Waals surface area contributed by atoms with Crippen LogP contribution < -0.4 is 5.43 Å². The number of amides is 1. The lowest BCUT2D eigenvalue weighted by atomic mass is 9.91. The normalized spacial score (nSPS) is 19.3. The van der Waals surface area contributed by atoms with Crippen LogP contribution >= 0.6 is 11.6 Å². The molecule has 1 amide bonds. The minimum atomic E-state index is -0.649. The molecule has 5 rings (SSSR count). The summed E-state index contributed by atoms with van der Waals surface area (Å²) in [6, 6.07) is 6.81. The van der Waals surface area contributed by atoms with Gasteiger partial charge < -0.3 is 9.47 Å². The Kier molecular flexibility index (Phi) is 4.82. The van der Waals surface area contributed by atoms with Crippen LogP contribution in [0.3, 0.4) is 0 Å². The fourth-order valence-corrected chi connectivity index (χ4v) is 4.55. The molecule has 1 saturated heterocycles. The molecule has 1 aliphatic heterocycles. The molecular formula is C23H21ClFN3O2. The van der Waals surface area contributed by atoms with Gasteiger partial charge in [-0.15, -0.1) is 0 Å². The zero-order valence-electron chi connectivity index (χ0n) is 16.4. The summed E-state index contributed by atoms with van der Waals surface area (Å²) in [6.45, 7) is 1.16. The van der Waals surface area contributed by atoms with Crippen LogP contribution in [0, 0.1) is 5.82 Å². The molecule has 1 saturated carbocycles. The number of piperidine rings is 1. The van der Waals surface area contributed by atoms with Crippen LogP contribution in [-0.4, -0.2) is 33.4 Å². The number of nitrogens with zero attached hydrogens (tertiary/aromatic N) is 3. The lowest BCUT2D eigenvalue weighted by Gasteiger charge is -2.33. The van der Waals surface area contributed by atoms with Crippen molar-refractivity contribution in [2.24, 2.45) is 0 Å². The van der Waals surface area contributed by atoms with Gasteiger partial charge in [-0.05, 0) is 55.5 Å². The number of likely N-dealkylation sites (tertiary alicyclic amines) is 1. The molecule has 2 aliphatic rings. The van der Waals surface area contributed by atoms with Gasteiger partial charge in [0.1, 0.15) is 11.4 Å². The molecule has 0 radical (unpaired) electrons. The zero-order chi connectivity index (χ0) is 20.8. The van der Waals surface area contributed by atoms with Gasteiger partial charge in [-0.25, -0.2) is 4.39 Å². The van der Waals surface area contributed by atoms with Crippen LogP contribution in [0.15, 0.2) is 47.7 Å². The molecule has 2 aromatic heterocycles. The molecule has 0 bridgehead atoms. The van der Waals surface area contributed by atoms with E-state index in [9.17, 15) is 14.0 Å². The second-order valence-electron chi connectivity index (χ2n) is 8.16. The van der Waals surface area contributed by atoms with E-state index in [0.717, 1.165) is 37.3 Å². The summed E-state index contributed by atoms with van der Waals surface area (Å²) in [5.41, 5.74) is 1.40. The number of carbonyl (C=O) groups excluding carboxylic acids is 1. The summed E-state index contributed by atoms with van der Waals surface area (Å²) in [5, 5.41) is 0.184. The number of rotatable bonds is 3. The Hall–Kier alpha value is -2.73. The van der Waals surface area contributed by atoms with Crippen LogP contribution in [0.25, 0.3) is 10.9 Å². The Bertz CT molecular complexity index is 1190. The molecule has 3 aromatic rings. The number of fused-ring (bicyclic) bond motifs is 1. The first kappa shape index (κ1) is 19.2. The SMILES string of the molecule is O=C(c1cn(C2CC2)c2cc(Cl)c(F)cc2c1=O)N1CCC[C@H](c2ccncc2)C1. The number of aromatic nitrogens is 2. The third-order valence-electron chi connectivity index (χ3n) is 6.13. The smallest absolute Gasteiger partial charge is 0.259 e. The Morgan fingerprint density at radius 1 is 1.17 bits per heavy atom. The van der Waals surface area contributed by atoms with E-state index in [1.165, 1.54) is 6.07 Å². The van der Waals surface area contributed by atoms with Crippen molar-refractivity contribution in [2.75, 3.05) is 13.1 Å². The Balaban J connectivity index is 1.54. The van der Waals surface area contributed by atoms with Crippen molar-refractivity contribution < 1.29 is 9.18 Å². The fraction of sp³-hybridized carbons (Fsp3) is 0.348. The molecule has 0 spiro atoms. The predicted octanol–water partition coefficient (Wildman–Crippen LogP) is 4.54. The van der Waals surface area contributed by atoms with E-state index in [0.29, 0.717) is 18.6 Å². The topological polar surface area (TPSA) is 55.2 Å². The first-order valence-corrected chi connectivity index (χ1v) is 10.6. The van der Waals surface area contributed by atoms with Gasteiger partial charge in [-0.2, -0.15) is 0 Å². The summed E-state index contributed by atoms with van der Waals surface area (Å²) in [6.07, 6.45) is 8.95. The van der Waals surface area contributed by atoms with Crippen LogP contribution in [0.4, 0.5) is 4.39 Å². The number of hydrogen-bond donors (Lipinski definition) is 0. The van der Waals surface area contributed by atoms with E-state index < -0.39 is 11.2 Å². The third-order valence-corrected chi connectivity index (χ3v) is 6.42. The summed E-state index contributed by atoms with van der Waals surface area (Å²) in [5.74, 6) is -0.720. The maximum Gasteiger partial charge on any atom is 0.259 e. The van der Waals surface area contributed by atoms with E-state index in [4.69, 9.17) is 11.6 Å². The van der Waals surface area contributed by atoms with Gasteiger partial charge in [0, 0.05) is 49.0 Å². The Labute approximate surface area is 178 Å². The van der Waals surface area contributed by atoms with Crippen molar-refractivity contribution in [3.63, 3.8) is 0 Å². The molecule has 1 aliphatic carbocycles. The highest BCUT2D eigenvalue weighted by Gasteiger charge is 2.30. The Morgan fingerprint density at radius 3 is 2.67 bits per heavy atom. The van der Waals surface area contributed by atoms with Gasteiger partial charge in [-0.3, -0.25) is 14.6 Å². The van der Waals surface area contributed by atoms with E-state index in [2.05, 4.69) is 4.98 Å². The van der Waals surface area contributed by atoms with E-state index in [1.807, 2.05) is 16.7 Å². The molecule has 0 unspecified atom stereocenters. The number of halogens is 2. The average Bonchev–Trinajstić information content (AvgIpc) is 3.61. The van der Waals surface area contributed by atoms with Gasteiger partial charge in [0.05, 0.1) is 10.5 Å². The van der Waals surface area contributed by atoms with Crippen molar-refractivity contribution in [1.82, 2.24) is 14.5 Å². The standard InChI is InChI=1S/C23H21ClFN3O2/c24-19-11-21-17(10-20(19)25)22(29)18(13-28(21)16-3-4-16)23(30)27-9-1-2-15(12-27)14-5-7-26-8-6-14/h5-8,10-11,13,15-16H,1-4,9,12H2/t15-/m0/s1. The molecule has 5 nitrogen and oxygen atoms in total. The van der Waals surface area contributed by atoms with Gasteiger partial charge in [-0.1, -0.05) is 11.6 Å². The van der Waals surface area contributed by atoms with Crippen LogP contribution in [0.2, 0.25) is 5.02 Å². The molecule has 1 aromatic carbocycles. The van der Waals surface area contributed by atoms with Gasteiger partial charge in [0.15, 0.2) is 0 Å². The maximum atomic E-state index is 14.1. The average molecular weight is 426 g/mol. The molecular weight excluding hydrogens is 405 g/mol. The predicted molar refractivity (Wildman–Crippen MR) is 114 cm³/mol. The summed E-state index contributed by atoms with van der Waals surface area (Å²) >= 11 is 5.97. The van der Waals surface area contributed by atoms with E-state index in [-0.39, 0.29) is 33.8 Å². The molecule has 1 atom stereocenters. The summed E-state index contributed by atoms with van der Waals surface area (Å²) in [7, 11) is 0. The minimum Gasteiger partial charge on any atom is -0.343 e. The van der Waals surface area contributed by atoms with Crippen molar-refractivity contribution in [1.29, 1.82) is 0 Å². The van der Waals surface area contributed by atoms with Gasteiger partial charge >= 0.3 is 0 Å². The second kappa shape index (κ2) is 7.51. The molecule has 0 N–H and O–H groups in total. The van der Waals surface area contributed by atoms with E-state index in [1.54, 1.807) is 23.5 Å². The highest BCUT2D eigenvalue weighted by atomic mass is 35.5. The Morgan fingerprint density at radius 2 is 1.93 bits per heavy atom. The largest absolute Gasteiger partial charge is 0.343 e. The van der Waals surface area contributed by atoms with Crippen LogP contribution in [0.5, 0.6) is 0 Å². The highest BCUT2D eigenvalue weighted by Crippen LogP contribution is 2.38.